The van der Waals surface area contributed by atoms with Crippen molar-refractivity contribution in [3.8, 4) is 5.75 Å². The molecule has 0 aliphatic rings. The Balaban J connectivity index is 2.20. The number of rotatable bonds is 2. The summed E-state index contributed by atoms with van der Waals surface area (Å²) in [6.07, 6.45) is 0. The van der Waals surface area contributed by atoms with Gasteiger partial charge in [-0.15, -0.1) is 0 Å². The lowest BCUT2D eigenvalue weighted by Gasteiger charge is -2.07. The number of amides is 1. The summed E-state index contributed by atoms with van der Waals surface area (Å²) < 4.78 is 14.0. The number of halogens is 2. The van der Waals surface area contributed by atoms with Gasteiger partial charge in [-0.05, 0) is 65.4 Å². The Morgan fingerprint density at radius 2 is 2.00 bits per heavy atom. The van der Waals surface area contributed by atoms with Crippen molar-refractivity contribution in [1.82, 2.24) is 0 Å². The first-order valence-corrected chi connectivity index (χ1v) is 6.61. The minimum atomic E-state index is -0.394. The van der Waals surface area contributed by atoms with Crippen molar-refractivity contribution < 1.29 is 14.3 Å². The highest BCUT2D eigenvalue weighted by molar-refractivity contribution is 14.1. The zero-order valence-electron chi connectivity index (χ0n) is 10.1. The minimum Gasteiger partial charge on any atom is -0.507 e. The van der Waals surface area contributed by atoms with E-state index in [-0.39, 0.29) is 11.6 Å². The van der Waals surface area contributed by atoms with E-state index in [2.05, 4.69) is 5.32 Å². The number of aromatic hydroxyl groups is 1. The Morgan fingerprint density at radius 3 is 2.63 bits per heavy atom. The summed E-state index contributed by atoms with van der Waals surface area (Å²) in [5.74, 6) is -0.721. The van der Waals surface area contributed by atoms with Crippen LogP contribution in [-0.2, 0) is 0 Å². The standard InChI is InChI=1S/C14H11FINO2/c1-8-2-4-10(7-11(8)15)17-14(19)9-3-5-12(16)13(18)6-9/h2-7,18H,1H3,(H,17,19). The van der Waals surface area contributed by atoms with Crippen molar-refractivity contribution in [3.05, 3.63) is 56.9 Å². The Hall–Kier alpha value is -1.63. The lowest BCUT2D eigenvalue weighted by atomic mass is 10.2. The normalized spacial score (nSPS) is 10.3. The van der Waals surface area contributed by atoms with E-state index in [0.29, 0.717) is 20.4 Å². The average Bonchev–Trinajstić information content (AvgIpc) is 2.37. The smallest absolute Gasteiger partial charge is 0.255 e. The Bertz CT molecular complexity index is 643. The molecular weight excluding hydrogens is 360 g/mol. The van der Waals surface area contributed by atoms with Crippen LogP contribution in [0.15, 0.2) is 36.4 Å². The van der Waals surface area contributed by atoms with E-state index >= 15 is 0 Å². The molecule has 0 atom stereocenters. The van der Waals surface area contributed by atoms with Gasteiger partial charge in [-0.3, -0.25) is 4.79 Å². The van der Waals surface area contributed by atoms with E-state index in [1.165, 1.54) is 12.1 Å². The SMILES string of the molecule is Cc1ccc(NC(=O)c2ccc(I)c(O)c2)cc1F. The van der Waals surface area contributed by atoms with Crippen LogP contribution in [0.25, 0.3) is 0 Å². The molecule has 2 aromatic carbocycles. The summed E-state index contributed by atoms with van der Waals surface area (Å²) in [7, 11) is 0. The van der Waals surface area contributed by atoms with Crippen molar-refractivity contribution in [3.63, 3.8) is 0 Å². The Kier molecular flexibility index (Phi) is 4.04. The van der Waals surface area contributed by atoms with E-state index in [9.17, 15) is 14.3 Å². The number of nitrogens with one attached hydrogen (secondary N) is 1. The molecule has 2 rings (SSSR count). The molecule has 0 heterocycles. The number of phenols is 1. The number of carbonyl (C=O) groups is 1. The molecule has 0 bridgehead atoms. The first-order chi connectivity index (χ1) is 8.97. The zero-order valence-corrected chi connectivity index (χ0v) is 12.2. The van der Waals surface area contributed by atoms with Gasteiger partial charge in [0.2, 0.25) is 0 Å². The maximum Gasteiger partial charge on any atom is 0.255 e. The molecule has 98 valence electrons. The molecule has 2 N–H and O–H groups in total. The van der Waals surface area contributed by atoms with Gasteiger partial charge in [0.15, 0.2) is 0 Å². The number of anilines is 1. The quantitative estimate of drug-likeness (QED) is 0.792. The lowest BCUT2D eigenvalue weighted by Crippen LogP contribution is -2.12. The molecule has 0 saturated heterocycles. The van der Waals surface area contributed by atoms with Gasteiger partial charge in [-0.1, -0.05) is 6.07 Å². The first kappa shape index (κ1) is 13.8. The molecule has 0 aromatic heterocycles. The van der Waals surface area contributed by atoms with E-state index in [1.54, 1.807) is 31.2 Å². The van der Waals surface area contributed by atoms with Crippen LogP contribution in [0.1, 0.15) is 15.9 Å². The topological polar surface area (TPSA) is 49.3 Å². The van der Waals surface area contributed by atoms with Crippen LogP contribution < -0.4 is 5.32 Å². The molecule has 0 radical (unpaired) electrons. The molecule has 19 heavy (non-hydrogen) atoms. The summed E-state index contributed by atoms with van der Waals surface area (Å²) in [5.41, 5.74) is 1.22. The van der Waals surface area contributed by atoms with Crippen molar-refractivity contribution >= 4 is 34.2 Å². The highest BCUT2D eigenvalue weighted by Gasteiger charge is 2.09. The van der Waals surface area contributed by atoms with Gasteiger partial charge in [0.05, 0.1) is 3.57 Å². The molecule has 2 aromatic rings. The molecule has 0 aliphatic heterocycles. The predicted octanol–water partition coefficient (Wildman–Crippen LogP) is 3.70. The van der Waals surface area contributed by atoms with Crippen LogP contribution in [0.3, 0.4) is 0 Å². The molecule has 0 aliphatic carbocycles. The molecule has 0 unspecified atom stereocenters. The number of phenolic OH excluding ortho intramolecular Hbond substituents is 1. The highest BCUT2D eigenvalue weighted by atomic mass is 127. The molecule has 5 heteroatoms. The van der Waals surface area contributed by atoms with E-state index < -0.39 is 5.91 Å². The van der Waals surface area contributed by atoms with E-state index in [4.69, 9.17) is 0 Å². The van der Waals surface area contributed by atoms with Crippen LogP contribution >= 0.6 is 22.6 Å². The van der Waals surface area contributed by atoms with E-state index in [0.717, 1.165) is 0 Å². The third kappa shape index (κ3) is 3.23. The largest absolute Gasteiger partial charge is 0.507 e. The molecule has 0 saturated carbocycles. The van der Waals surface area contributed by atoms with Crippen LogP contribution in [0, 0.1) is 16.3 Å². The maximum atomic E-state index is 13.4. The summed E-state index contributed by atoms with van der Waals surface area (Å²) in [6.45, 7) is 1.65. The number of aryl methyl sites for hydroxylation is 1. The lowest BCUT2D eigenvalue weighted by molar-refractivity contribution is 0.102. The number of carbonyl (C=O) groups excluding carboxylic acids is 1. The van der Waals surface area contributed by atoms with Crippen molar-refractivity contribution in [2.75, 3.05) is 5.32 Å². The van der Waals surface area contributed by atoms with Gasteiger partial charge in [-0.2, -0.15) is 0 Å². The monoisotopic (exact) mass is 371 g/mol. The molecule has 3 nitrogen and oxygen atoms in total. The van der Waals surface area contributed by atoms with Crippen molar-refractivity contribution in [1.29, 1.82) is 0 Å². The van der Waals surface area contributed by atoms with Gasteiger partial charge in [-0.25, -0.2) is 4.39 Å². The van der Waals surface area contributed by atoms with Crippen LogP contribution in [-0.4, -0.2) is 11.0 Å². The highest BCUT2D eigenvalue weighted by Crippen LogP contribution is 2.21. The summed E-state index contributed by atoms with van der Waals surface area (Å²) in [6, 6.07) is 9.10. The van der Waals surface area contributed by atoms with Crippen molar-refractivity contribution in [2.24, 2.45) is 0 Å². The van der Waals surface area contributed by atoms with Crippen molar-refractivity contribution in [2.45, 2.75) is 6.92 Å². The fraction of sp³-hybridized carbons (Fsp3) is 0.0714. The second-order valence-electron chi connectivity index (χ2n) is 4.08. The van der Waals surface area contributed by atoms with Gasteiger partial charge < -0.3 is 10.4 Å². The Morgan fingerprint density at radius 1 is 1.26 bits per heavy atom. The first-order valence-electron chi connectivity index (χ1n) is 5.53. The number of hydrogen-bond donors (Lipinski definition) is 2. The fourth-order valence-corrected chi connectivity index (χ4v) is 1.86. The number of benzene rings is 2. The third-order valence-electron chi connectivity index (χ3n) is 2.64. The van der Waals surface area contributed by atoms with E-state index in [1.807, 2.05) is 22.6 Å². The van der Waals surface area contributed by atoms with Gasteiger partial charge in [0.1, 0.15) is 11.6 Å². The zero-order chi connectivity index (χ0) is 14.0. The number of hydrogen-bond acceptors (Lipinski definition) is 2. The van der Waals surface area contributed by atoms with Crippen LogP contribution in [0.4, 0.5) is 10.1 Å². The second kappa shape index (κ2) is 5.56. The van der Waals surface area contributed by atoms with Crippen LogP contribution in [0.5, 0.6) is 5.75 Å². The molecule has 0 spiro atoms. The Labute approximate surface area is 123 Å². The third-order valence-corrected chi connectivity index (χ3v) is 3.55. The van der Waals surface area contributed by atoms with Gasteiger partial charge in [0, 0.05) is 11.3 Å². The molecule has 0 fully saturated rings. The summed E-state index contributed by atoms with van der Waals surface area (Å²) >= 11 is 1.96. The average molecular weight is 371 g/mol. The minimum absolute atomic E-state index is 0.0448. The molecule has 1 amide bonds. The van der Waals surface area contributed by atoms with Crippen LogP contribution in [0.2, 0.25) is 0 Å². The summed E-state index contributed by atoms with van der Waals surface area (Å²) in [5, 5.41) is 12.1. The maximum absolute atomic E-state index is 13.4. The van der Waals surface area contributed by atoms with Gasteiger partial charge in [0.25, 0.3) is 5.91 Å². The van der Waals surface area contributed by atoms with Gasteiger partial charge >= 0.3 is 0 Å². The fourth-order valence-electron chi connectivity index (χ4n) is 1.53. The second-order valence-corrected chi connectivity index (χ2v) is 5.25. The predicted molar refractivity (Wildman–Crippen MR) is 79.9 cm³/mol. The molecular formula is C14H11FINO2. The summed E-state index contributed by atoms with van der Waals surface area (Å²) in [4.78, 5) is 11.9.